The highest BCUT2D eigenvalue weighted by Crippen LogP contribution is 2.38. The van der Waals surface area contributed by atoms with E-state index in [1.165, 1.54) is 67.6 Å². The Bertz CT molecular complexity index is 1760. The summed E-state index contributed by atoms with van der Waals surface area (Å²) in [6.45, 7) is 2.25. The van der Waals surface area contributed by atoms with E-state index in [0.29, 0.717) is 0 Å². The van der Waals surface area contributed by atoms with E-state index in [4.69, 9.17) is 0 Å². The highest BCUT2D eigenvalue weighted by molar-refractivity contribution is 7.26. The van der Waals surface area contributed by atoms with Gasteiger partial charge in [0.1, 0.15) is 5.82 Å². The minimum absolute atomic E-state index is 0.193. The van der Waals surface area contributed by atoms with Crippen LogP contribution in [0.2, 0.25) is 0 Å². The number of benzene rings is 4. The molecule has 0 nitrogen and oxygen atoms in total. The first kappa shape index (κ1) is 22.3. The Kier molecular flexibility index (Phi) is 6.02. The molecule has 2 heterocycles. The van der Waals surface area contributed by atoms with Crippen molar-refractivity contribution in [2.75, 3.05) is 0 Å². The van der Waals surface area contributed by atoms with Gasteiger partial charge >= 0.3 is 0 Å². The Balaban J connectivity index is 1.31. The van der Waals surface area contributed by atoms with Crippen LogP contribution in [0.4, 0.5) is 4.39 Å². The van der Waals surface area contributed by atoms with Gasteiger partial charge in [0.25, 0.3) is 0 Å². The summed E-state index contributed by atoms with van der Waals surface area (Å²) in [5.74, 6) is 6.55. The van der Waals surface area contributed by atoms with Crippen LogP contribution in [0.25, 0.3) is 41.7 Å². The quantitative estimate of drug-likeness (QED) is 0.166. The fourth-order valence-corrected chi connectivity index (χ4v) is 6.82. The molecule has 6 aromatic rings. The number of unbranched alkanes of at least 4 members (excludes halogenated alkanes) is 3. The Morgan fingerprint density at radius 2 is 1.40 bits per heavy atom. The third-order valence-electron chi connectivity index (χ3n) is 6.62. The fourth-order valence-electron chi connectivity index (χ4n) is 4.75. The zero-order valence-electron chi connectivity index (χ0n) is 19.7. The van der Waals surface area contributed by atoms with Crippen LogP contribution in [0.5, 0.6) is 0 Å². The number of hydrogen-bond acceptors (Lipinski definition) is 2. The molecule has 0 unspecified atom stereocenters. The van der Waals surface area contributed by atoms with Crippen molar-refractivity contribution in [3.05, 3.63) is 93.9 Å². The van der Waals surface area contributed by atoms with Crippen LogP contribution in [0.3, 0.4) is 0 Å². The molecule has 6 rings (SSSR count). The van der Waals surface area contributed by atoms with E-state index in [1.54, 1.807) is 17.4 Å². The molecule has 0 aliphatic carbocycles. The SMILES string of the molecule is CCCCCCc1ccc(C#Cc2ccc3cc4c(cc3c2)sc2cc3ccc(F)cc3cc24)s1. The number of thiophene rings is 2. The summed E-state index contributed by atoms with van der Waals surface area (Å²) < 4.78 is 16.2. The molecule has 2 aromatic heterocycles. The van der Waals surface area contributed by atoms with Crippen molar-refractivity contribution in [1.29, 1.82) is 0 Å². The number of hydrogen-bond donors (Lipinski definition) is 0. The zero-order valence-corrected chi connectivity index (χ0v) is 21.3. The number of aryl methyl sites for hydroxylation is 1. The molecule has 0 N–H and O–H groups in total. The number of fused-ring (bicyclic) bond motifs is 5. The van der Waals surface area contributed by atoms with E-state index >= 15 is 0 Å². The standard InChI is InChI=1S/C32H25FS2/c1-2-3-4-5-6-27-13-14-28(34-27)12-8-21-7-9-22-17-29-30-18-25-16-26(33)11-10-23(25)19-31(30)35-32(29)20-24(22)15-21/h7,9-11,13-20H,2-6H2,1H3. The van der Waals surface area contributed by atoms with Crippen molar-refractivity contribution in [2.24, 2.45) is 0 Å². The first-order chi connectivity index (χ1) is 17.2. The monoisotopic (exact) mass is 492 g/mol. The normalized spacial score (nSPS) is 11.5. The van der Waals surface area contributed by atoms with Crippen LogP contribution in [-0.2, 0) is 6.42 Å². The molecule has 0 atom stereocenters. The lowest BCUT2D eigenvalue weighted by molar-refractivity contribution is 0.630. The van der Waals surface area contributed by atoms with Gasteiger partial charge in [0.15, 0.2) is 0 Å². The van der Waals surface area contributed by atoms with Crippen LogP contribution in [0.15, 0.2) is 72.8 Å². The van der Waals surface area contributed by atoms with Gasteiger partial charge in [0.2, 0.25) is 0 Å². The van der Waals surface area contributed by atoms with Crippen molar-refractivity contribution < 1.29 is 4.39 Å². The van der Waals surface area contributed by atoms with Crippen molar-refractivity contribution in [3.8, 4) is 11.8 Å². The molecule has 0 saturated heterocycles. The van der Waals surface area contributed by atoms with Gasteiger partial charge in [-0.25, -0.2) is 4.39 Å². The van der Waals surface area contributed by atoms with Gasteiger partial charge in [-0.05, 0) is 95.1 Å². The second-order valence-electron chi connectivity index (χ2n) is 9.18. The number of rotatable bonds is 5. The van der Waals surface area contributed by atoms with Crippen molar-refractivity contribution in [1.82, 2.24) is 0 Å². The van der Waals surface area contributed by atoms with Crippen LogP contribution in [0, 0.1) is 17.7 Å². The molecule has 0 aliphatic heterocycles. The summed E-state index contributed by atoms with van der Waals surface area (Å²) in [6, 6.07) is 24.7. The summed E-state index contributed by atoms with van der Waals surface area (Å²) >= 11 is 3.62. The van der Waals surface area contributed by atoms with Crippen molar-refractivity contribution >= 4 is 64.4 Å². The summed E-state index contributed by atoms with van der Waals surface area (Å²) in [4.78, 5) is 2.57. The number of halogens is 1. The third kappa shape index (κ3) is 4.57. The van der Waals surface area contributed by atoms with Gasteiger partial charge in [-0.1, -0.05) is 50.2 Å². The van der Waals surface area contributed by atoms with Crippen molar-refractivity contribution in [3.63, 3.8) is 0 Å². The smallest absolute Gasteiger partial charge is 0.123 e. The van der Waals surface area contributed by atoms with E-state index < -0.39 is 0 Å². The van der Waals surface area contributed by atoms with Gasteiger partial charge in [-0.15, -0.1) is 22.7 Å². The third-order valence-corrected chi connectivity index (χ3v) is 8.79. The zero-order chi connectivity index (χ0) is 23.8. The maximum atomic E-state index is 13.8. The van der Waals surface area contributed by atoms with Crippen LogP contribution in [0.1, 0.15) is 47.9 Å². The summed E-state index contributed by atoms with van der Waals surface area (Å²) in [5, 5.41) is 6.84. The Hall–Kier alpha value is -3.19. The topological polar surface area (TPSA) is 0 Å². The van der Waals surface area contributed by atoms with Gasteiger partial charge in [0.05, 0.1) is 4.88 Å². The second kappa shape index (κ2) is 9.46. The molecule has 0 radical (unpaired) electrons. The van der Waals surface area contributed by atoms with Crippen LogP contribution < -0.4 is 0 Å². The van der Waals surface area contributed by atoms with Gasteiger partial charge in [-0.2, -0.15) is 0 Å². The molecule has 0 aliphatic rings. The van der Waals surface area contributed by atoms with E-state index in [9.17, 15) is 4.39 Å². The van der Waals surface area contributed by atoms with Gasteiger partial charge in [0, 0.05) is 30.6 Å². The molecule has 4 aromatic carbocycles. The van der Waals surface area contributed by atoms with Crippen molar-refractivity contribution in [2.45, 2.75) is 39.0 Å². The molecule has 0 bridgehead atoms. The van der Waals surface area contributed by atoms with E-state index in [1.807, 2.05) is 17.4 Å². The van der Waals surface area contributed by atoms with Crippen LogP contribution >= 0.6 is 22.7 Å². The maximum absolute atomic E-state index is 13.8. The second-order valence-corrected chi connectivity index (χ2v) is 11.4. The predicted octanol–water partition coefficient (Wildman–Crippen LogP) is 10.1. The van der Waals surface area contributed by atoms with Crippen LogP contribution in [-0.4, -0.2) is 0 Å². The Morgan fingerprint density at radius 1 is 0.657 bits per heavy atom. The molecule has 0 spiro atoms. The molecule has 0 saturated carbocycles. The lowest BCUT2D eigenvalue weighted by atomic mass is 10.0. The minimum atomic E-state index is -0.193. The van der Waals surface area contributed by atoms with E-state index in [0.717, 1.165) is 27.6 Å². The van der Waals surface area contributed by atoms with E-state index in [2.05, 4.69) is 73.4 Å². The first-order valence-corrected chi connectivity index (χ1v) is 13.9. The molecule has 172 valence electrons. The molecule has 0 amide bonds. The molecular weight excluding hydrogens is 467 g/mol. The Labute approximate surface area is 213 Å². The fraction of sp³-hybridized carbons (Fsp3) is 0.188. The van der Waals surface area contributed by atoms with E-state index in [-0.39, 0.29) is 5.82 Å². The lowest BCUT2D eigenvalue weighted by Gasteiger charge is -2.01. The Morgan fingerprint density at radius 3 is 2.26 bits per heavy atom. The average molecular weight is 493 g/mol. The summed E-state index contributed by atoms with van der Waals surface area (Å²) in [7, 11) is 0. The largest absolute Gasteiger partial charge is 0.207 e. The summed E-state index contributed by atoms with van der Waals surface area (Å²) in [5.41, 5.74) is 1.04. The lowest BCUT2D eigenvalue weighted by Crippen LogP contribution is -1.80. The highest BCUT2D eigenvalue weighted by atomic mass is 32.1. The highest BCUT2D eigenvalue weighted by Gasteiger charge is 2.09. The molecule has 3 heteroatoms. The predicted molar refractivity (Wildman–Crippen MR) is 152 cm³/mol. The average Bonchev–Trinajstić information content (AvgIpc) is 3.46. The molecule has 0 fully saturated rings. The van der Waals surface area contributed by atoms with Gasteiger partial charge < -0.3 is 0 Å². The maximum Gasteiger partial charge on any atom is 0.123 e. The summed E-state index contributed by atoms with van der Waals surface area (Å²) in [6.07, 6.45) is 6.35. The molecular formula is C32H25FS2. The molecule has 35 heavy (non-hydrogen) atoms. The first-order valence-electron chi connectivity index (χ1n) is 12.3. The minimum Gasteiger partial charge on any atom is -0.207 e. The van der Waals surface area contributed by atoms with Gasteiger partial charge in [-0.3, -0.25) is 0 Å².